The van der Waals surface area contributed by atoms with E-state index >= 15 is 0 Å². The number of hydrogen-bond donors (Lipinski definition) is 1. The smallest absolute Gasteiger partial charge is 0.333 e. The van der Waals surface area contributed by atoms with E-state index in [1.54, 1.807) is 35.2 Å². The van der Waals surface area contributed by atoms with Gasteiger partial charge in [0.25, 0.3) is 0 Å². The van der Waals surface area contributed by atoms with Crippen molar-refractivity contribution in [2.45, 2.75) is 18.9 Å². The maximum absolute atomic E-state index is 12.3. The van der Waals surface area contributed by atoms with Crippen LogP contribution in [0.2, 0.25) is 0 Å². The molecule has 1 N–H and O–H groups in total. The van der Waals surface area contributed by atoms with Crippen molar-refractivity contribution in [1.29, 1.82) is 0 Å². The molecular weight excluding hydrogens is 356 g/mol. The first-order chi connectivity index (χ1) is 13.6. The topological polar surface area (TPSA) is 75.7 Å². The third-order valence-corrected chi connectivity index (χ3v) is 4.56. The van der Waals surface area contributed by atoms with Crippen LogP contribution in [0.3, 0.4) is 0 Å². The van der Waals surface area contributed by atoms with Gasteiger partial charge in [-0.15, -0.1) is 0 Å². The van der Waals surface area contributed by atoms with Gasteiger partial charge >= 0.3 is 5.97 Å². The molecule has 6 nitrogen and oxygen atoms in total. The lowest BCUT2D eigenvalue weighted by molar-refractivity contribution is -0.144. The average molecular weight is 378 g/mol. The zero-order valence-corrected chi connectivity index (χ0v) is 15.6. The molecule has 2 aromatic rings. The van der Waals surface area contributed by atoms with Crippen molar-refractivity contribution in [2.75, 3.05) is 18.6 Å². The highest BCUT2D eigenvalue weighted by Crippen LogP contribution is 2.22. The van der Waals surface area contributed by atoms with Crippen molar-refractivity contribution in [3.8, 4) is 0 Å². The van der Waals surface area contributed by atoms with Crippen molar-refractivity contribution in [1.82, 2.24) is 5.32 Å². The molecule has 0 bridgehead atoms. The number of hydrogen-bond acceptors (Lipinski definition) is 4. The van der Waals surface area contributed by atoms with Crippen LogP contribution in [0.15, 0.2) is 60.7 Å². The molecule has 1 aliphatic heterocycles. The molecule has 1 aliphatic rings. The zero-order valence-electron chi connectivity index (χ0n) is 15.6. The van der Waals surface area contributed by atoms with Gasteiger partial charge in [-0.05, 0) is 35.8 Å². The van der Waals surface area contributed by atoms with Crippen LogP contribution >= 0.6 is 0 Å². The van der Waals surface area contributed by atoms with Crippen molar-refractivity contribution < 1.29 is 19.1 Å². The Hall–Kier alpha value is -3.41. The van der Waals surface area contributed by atoms with Crippen LogP contribution in [0.25, 0.3) is 6.08 Å². The molecule has 2 amide bonds. The molecule has 2 aromatic carbocycles. The fourth-order valence-electron chi connectivity index (χ4n) is 3.09. The Morgan fingerprint density at radius 1 is 1.11 bits per heavy atom. The van der Waals surface area contributed by atoms with E-state index in [0.29, 0.717) is 12.0 Å². The molecule has 1 fully saturated rings. The highest BCUT2D eigenvalue weighted by molar-refractivity contribution is 5.96. The number of esters is 1. The Bertz CT molecular complexity index is 875. The Balaban J connectivity index is 1.65. The quantitative estimate of drug-likeness (QED) is 0.620. The molecule has 1 saturated heterocycles. The van der Waals surface area contributed by atoms with Crippen LogP contribution in [-0.4, -0.2) is 31.4 Å². The number of benzene rings is 2. The highest BCUT2D eigenvalue weighted by atomic mass is 16.5. The minimum atomic E-state index is -0.869. The van der Waals surface area contributed by atoms with Gasteiger partial charge in [0.15, 0.2) is 6.04 Å². The van der Waals surface area contributed by atoms with Crippen LogP contribution < -0.4 is 10.2 Å². The summed E-state index contributed by atoms with van der Waals surface area (Å²) in [6.07, 6.45) is 4.49. The Labute approximate surface area is 163 Å². The summed E-state index contributed by atoms with van der Waals surface area (Å²) in [6.45, 7) is 0.741. The van der Waals surface area contributed by atoms with Crippen LogP contribution in [0.1, 0.15) is 30.0 Å². The number of carbonyl (C=O) groups excluding carboxylic acids is 3. The second-order valence-corrected chi connectivity index (χ2v) is 6.45. The molecule has 1 unspecified atom stereocenters. The lowest BCUT2D eigenvalue weighted by Crippen LogP contribution is -2.33. The SMILES string of the molecule is COC(=O)C(NC(=O)/C=C/c1ccc(N2CCCC2=O)cc1)c1ccccc1. The lowest BCUT2D eigenvalue weighted by atomic mass is 10.1. The molecule has 0 saturated carbocycles. The van der Waals surface area contributed by atoms with Gasteiger partial charge in [0.05, 0.1) is 7.11 Å². The van der Waals surface area contributed by atoms with Gasteiger partial charge in [0.2, 0.25) is 11.8 Å². The summed E-state index contributed by atoms with van der Waals surface area (Å²) in [5.74, 6) is -0.803. The zero-order chi connectivity index (χ0) is 19.9. The van der Waals surface area contributed by atoms with Crippen LogP contribution in [0.4, 0.5) is 5.69 Å². The second kappa shape index (κ2) is 8.99. The predicted octanol–water partition coefficient (Wildman–Crippen LogP) is 2.86. The number of carbonyl (C=O) groups is 3. The van der Waals surface area contributed by atoms with E-state index in [2.05, 4.69) is 5.32 Å². The summed E-state index contributed by atoms with van der Waals surface area (Å²) < 4.78 is 4.79. The van der Waals surface area contributed by atoms with Gasteiger partial charge in [-0.2, -0.15) is 0 Å². The molecule has 0 aromatic heterocycles. The van der Waals surface area contributed by atoms with Crippen molar-refractivity contribution in [2.24, 2.45) is 0 Å². The van der Waals surface area contributed by atoms with Crippen LogP contribution in [0.5, 0.6) is 0 Å². The number of ether oxygens (including phenoxy) is 1. The predicted molar refractivity (Wildman–Crippen MR) is 106 cm³/mol. The monoisotopic (exact) mass is 378 g/mol. The van der Waals surface area contributed by atoms with E-state index in [0.717, 1.165) is 24.2 Å². The molecule has 0 aliphatic carbocycles. The first kappa shape index (κ1) is 19.4. The summed E-state index contributed by atoms with van der Waals surface area (Å²) in [4.78, 5) is 37.9. The number of anilines is 1. The molecular formula is C22H22N2O4. The van der Waals surface area contributed by atoms with Gasteiger partial charge in [0.1, 0.15) is 0 Å². The maximum Gasteiger partial charge on any atom is 0.333 e. The molecule has 144 valence electrons. The Morgan fingerprint density at radius 3 is 2.43 bits per heavy atom. The van der Waals surface area contributed by atoms with Gasteiger partial charge < -0.3 is 15.0 Å². The van der Waals surface area contributed by atoms with E-state index in [-0.39, 0.29) is 5.91 Å². The van der Waals surface area contributed by atoms with Crippen molar-refractivity contribution in [3.05, 3.63) is 71.8 Å². The third-order valence-electron chi connectivity index (χ3n) is 4.56. The summed E-state index contributed by atoms with van der Waals surface area (Å²) in [5, 5.41) is 2.66. The third kappa shape index (κ3) is 4.65. The first-order valence-corrected chi connectivity index (χ1v) is 9.10. The number of methoxy groups -OCH3 is 1. The number of rotatable bonds is 6. The molecule has 0 radical (unpaired) electrons. The Morgan fingerprint density at radius 2 is 1.82 bits per heavy atom. The van der Waals surface area contributed by atoms with E-state index < -0.39 is 17.9 Å². The van der Waals surface area contributed by atoms with Crippen molar-refractivity contribution in [3.63, 3.8) is 0 Å². The molecule has 3 rings (SSSR count). The van der Waals surface area contributed by atoms with Gasteiger partial charge in [-0.3, -0.25) is 9.59 Å². The molecule has 28 heavy (non-hydrogen) atoms. The minimum absolute atomic E-state index is 0.137. The fourth-order valence-corrected chi connectivity index (χ4v) is 3.09. The Kier molecular flexibility index (Phi) is 6.22. The normalized spacial score (nSPS) is 14.9. The molecule has 1 atom stereocenters. The first-order valence-electron chi connectivity index (χ1n) is 9.10. The fraction of sp³-hybridized carbons (Fsp3) is 0.227. The molecule has 6 heteroatoms. The summed E-state index contributed by atoms with van der Waals surface area (Å²) >= 11 is 0. The van der Waals surface area contributed by atoms with E-state index in [1.807, 2.05) is 30.3 Å². The summed E-state index contributed by atoms with van der Waals surface area (Å²) in [6, 6.07) is 15.5. The summed E-state index contributed by atoms with van der Waals surface area (Å²) in [7, 11) is 1.28. The standard InChI is InChI=1S/C22H22N2O4/c1-28-22(27)21(17-6-3-2-4-7-17)23-19(25)14-11-16-9-12-18(13-10-16)24-15-5-8-20(24)26/h2-4,6-7,9-14,21H,5,8,15H2,1H3,(H,23,25)/b14-11+. The van der Waals surface area contributed by atoms with Gasteiger partial charge in [-0.1, -0.05) is 42.5 Å². The second-order valence-electron chi connectivity index (χ2n) is 6.45. The molecule has 1 heterocycles. The minimum Gasteiger partial charge on any atom is -0.467 e. The lowest BCUT2D eigenvalue weighted by Gasteiger charge is -2.16. The van der Waals surface area contributed by atoms with Gasteiger partial charge in [-0.25, -0.2) is 4.79 Å². The average Bonchev–Trinajstić information content (AvgIpc) is 3.17. The largest absolute Gasteiger partial charge is 0.467 e. The van der Waals surface area contributed by atoms with Crippen LogP contribution in [0, 0.1) is 0 Å². The van der Waals surface area contributed by atoms with E-state index in [1.165, 1.54) is 13.2 Å². The van der Waals surface area contributed by atoms with E-state index in [4.69, 9.17) is 4.74 Å². The number of nitrogens with one attached hydrogen (secondary N) is 1. The highest BCUT2D eigenvalue weighted by Gasteiger charge is 2.23. The maximum atomic E-state index is 12.3. The summed E-state index contributed by atoms with van der Waals surface area (Å²) in [5.41, 5.74) is 2.33. The van der Waals surface area contributed by atoms with Gasteiger partial charge in [0, 0.05) is 24.7 Å². The van der Waals surface area contributed by atoms with E-state index in [9.17, 15) is 14.4 Å². The van der Waals surface area contributed by atoms with Crippen LogP contribution in [-0.2, 0) is 19.1 Å². The molecule has 0 spiro atoms. The number of amides is 2. The number of nitrogens with zero attached hydrogens (tertiary/aromatic N) is 1. The van der Waals surface area contributed by atoms with Crippen molar-refractivity contribution >= 4 is 29.5 Å².